The normalized spacial score (nSPS) is 29.0. The minimum atomic E-state index is 0.583. The van der Waals surface area contributed by atoms with E-state index in [2.05, 4.69) is 5.32 Å². The molecule has 1 spiro atoms. The molecule has 0 unspecified atom stereocenters. The van der Waals surface area contributed by atoms with E-state index in [0.29, 0.717) is 11.5 Å². The standard InChI is InChI=1S/C15H26N2S/c1-2-4-8-13(7-3-1)17-14-16-11-15(12-18-14)9-5-6-10-15/h13H,1-12H2,(H,16,17). The summed E-state index contributed by atoms with van der Waals surface area (Å²) in [5.74, 6) is 1.31. The molecular weight excluding hydrogens is 240 g/mol. The van der Waals surface area contributed by atoms with Gasteiger partial charge in [-0.3, -0.25) is 4.99 Å². The van der Waals surface area contributed by atoms with Crippen LogP contribution in [0.2, 0.25) is 0 Å². The summed E-state index contributed by atoms with van der Waals surface area (Å²) in [4.78, 5) is 4.86. The van der Waals surface area contributed by atoms with Gasteiger partial charge < -0.3 is 5.32 Å². The first-order chi connectivity index (χ1) is 8.86. The molecule has 3 rings (SSSR count). The first-order valence-corrected chi connectivity index (χ1v) is 8.79. The molecule has 18 heavy (non-hydrogen) atoms. The molecule has 0 aromatic carbocycles. The second kappa shape index (κ2) is 5.85. The van der Waals surface area contributed by atoms with E-state index in [-0.39, 0.29) is 0 Å². The fourth-order valence-electron chi connectivity index (χ4n) is 3.67. The van der Waals surface area contributed by atoms with Gasteiger partial charge in [0, 0.05) is 18.3 Å². The fourth-order valence-corrected chi connectivity index (χ4v) is 4.89. The van der Waals surface area contributed by atoms with Gasteiger partial charge in [0.2, 0.25) is 0 Å². The Morgan fingerprint density at radius 3 is 2.33 bits per heavy atom. The summed E-state index contributed by atoms with van der Waals surface area (Å²) in [6, 6.07) is 0.705. The van der Waals surface area contributed by atoms with Gasteiger partial charge in [0.1, 0.15) is 0 Å². The zero-order chi connectivity index (χ0) is 12.3. The van der Waals surface area contributed by atoms with Crippen LogP contribution in [0.3, 0.4) is 0 Å². The molecule has 2 fully saturated rings. The maximum Gasteiger partial charge on any atom is 0.156 e. The van der Waals surface area contributed by atoms with Gasteiger partial charge in [-0.15, -0.1) is 0 Å². The highest BCUT2D eigenvalue weighted by Gasteiger charge is 2.36. The van der Waals surface area contributed by atoms with E-state index in [1.807, 2.05) is 11.8 Å². The lowest BCUT2D eigenvalue weighted by Gasteiger charge is -2.32. The van der Waals surface area contributed by atoms with E-state index in [9.17, 15) is 0 Å². The molecule has 0 bridgehead atoms. The number of nitrogens with zero attached hydrogens (tertiary/aromatic N) is 1. The average Bonchev–Trinajstić information content (AvgIpc) is 2.69. The molecule has 0 amide bonds. The molecule has 2 saturated carbocycles. The summed E-state index contributed by atoms with van der Waals surface area (Å²) in [7, 11) is 0. The lowest BCUT2D eigenvalue weighted by Crippen LogP contribution is -2.38. The Morgan fingerprint density at radius 1 is 1.00 bits per heavy atom. The van der Waals surface area contributed by atoms with Crippen molar-refractivity contribution in [1.29, 1.82) is 0 Å². The number of aliphatic imine (C=N–C) groups is 1. The average molecular weight is 266 g/mol. The van der Waals surface area contributed by atoms with Gasteiger partial charge in [0.15, 0.2) is 5.17 Å². The lowest BCUT2D eigenvalue weighted by molar-refractivity contribution is 0.357. The van der Waals surface area contributed by atoms with Crippen molar-refractivity contribution in [2.24, 2.45) is 10.4 Å². The van der Waals surface area contributed by atoms with Crippen LogP contribution in [0.15, 0.2) is 4.99 Å². The van der Waals surface area contributed by atoms with Crippen molar-refractivity contribution >= 4 is 16.9 Å². The Hall–Kier alpha value is -0.180. The smallest absolute Gasteiger partial charge is 0.156 e. The number of rotatable bonds is 1. The summed E-state index contributed by atoms with van der Waals surface area (Å²) < 4.78 is 0. The highest BCUT2D eigenvalue weighted by molar-refractivity contribution is 8.13. The van der Waals surface area contributed by atoms with E-state index in [1.54, 1.807) is 0 Å². The van der Waals surface area contributed by atoms with Gasteiger partial charge >= 0.3 is 0 Å². The summed E-state index contributed by atoms with van der Waals surface area (Å²) >= 11 is 2.00. The molecular formula is C15H26N2S. The minimum absolute atomic E-state index is 0.583. The third-order valence-electron chi connectivity index (χ3n) is 4.92. The molecule has 3 aliphatic rings. The Labute approximate surface area is 115 Å². The molecule has 2 aliphatic carbocycles. The summed E-state index contributed by atoms with van der Waals surface area (Å²) in [5, 5.41) is 4.97. The van der Waals surface area contributed by atoms with Gasteiger partial charge in [0.25, 0.3) is 0 Å². The molecule has 0 aromatic heterocycles. The predicted molar refractivity (Wildman–Crippen MR) is 80.3 cm³/mol. The van der Waals surface area contributed by atoms with Gasteiger partial charge in [-0.05, 0) is 31.1 Å². The molecule has 0 radical (unpaired) electrons. The molecule has 0 saturated heterocycles. The van der Waals surface area contributed by atoms with Gasteiger partial charge in [0.05, 0.1) is 0 Å². The number of thioether (sulfide) groups is 1. The van der Waals surface area contributed by atoms with Crippen LogP contribution >= 0.6 is 11.8 Å². The second-order valence-corrected chi connectivity index (χ2v) is 7.41. The van der Waals surface area contributed by atoms with E-state index >= 15 is 0 Å². The molecule has 1 N–H and O–H groups in total. The van der Waals surface area contributed by atoms with Gasteiger partial charge in [-0.2, -0.15) is 0 Å². The largest absolute Gasteiger partial charge is 0.362 e. The topological polar surface area (TPSA) is 24.4 Å². The maximum absolute atomic E-state index is 4.86. The first-order valence-electron chi connectivity index (χ1n) is 7.80. The molecule has 102 valence electrons. The number of hydrogen-bond donors (Lipinski definition) is 1. The number of hydrogen-bond acceptors (Lipinski definition) is 3. The molecule has 2 nitrogen and oxygen atoms in total. The van der Waals surface area contributed by atoms with Crippen LogP contribution in [0.1, 0.15) is 64.2 Å². The van der Waals surface area contributed by atoms with Crippen molar-refractivity contribution < 1.29 is 0 Å². The lowest BCUT2D eigenvalue weighted by atomic mass is 9.89. The van der Waals surface area contributed by atoms with Gasteiger partial charge in [-0.1, -0.05) is 50.3 Å². The first kappa shape index (κ1) is 12.8. The van der Waals surface area contributed by atoms with Gasteiger partial charge in [-0.25, -0.2) is 0 Å². The zero-order valence-corrected chi connectivity index (χ0v) is 12.2. The van der Waals surface area contributed by atoms with E-state index in [1.165, 1.54) is 75.1 Å². The highest BCUT2D eigenvalue weighted by Crippen LogP contribution is 2.43. The maximum atomic E-state index is 4.86. The Kier molecular flexibility index (Phi) is 4.17. The van der Waals surface area contributed by atoms with Crippen LogP contribution in [0.4, 0.5) is 0 Å². The zero-order valence-electron chi connectivity index (χ0n) is 11.4. The van der Waals surface area contributed by atoms with Crippen molar-refractivity contribution in [1.82, 2.24) is 5.32 Å². The highest BCUT2D eigenvalue weighted by atomic mass is 32.2. The fraction of sp³-hybridized carbons (Fsp3) is 0.933. The van der Waals surface area contributed by atoms with Crippen LogP contribution in [-0.2, 0) is 0 Å². The van der Waals surface area contributed by atoms with Crippen LogP contribution in [0.5, 0.6) is 0 Å². The summed E-state index contributed by atoms with van der Waals surface area (Å²) in [6.07, 6.45) is 14.1. The van der Waals surface area contributed by atoms with Crippen molar-refractivity contribution in [3.8, 4) is 0 Å². The molecule has 3 heteroatoms. The molecule has 1 heterocycles. The van der Waals surface area contributed by atoms with E-state index in [0.717, 1.165) is 6.54 Å². The van der Waals surface area contributed by atoms with E-state index in [4.69, 9.17) is 4.99 Å². The Balaban J connectivity index is 1.52. The third kappa shape index (κ3) is 3.04. The number of nitrogens with one attached hydrogen (secondary N) is 1. The van der Waals surface area contributed by atoms with Crippen molar-refractivity contribution in [3.05, 3.63) is 0 Å². The molecule has 1 aliphatic heterocycles. The predicted octanol–water partition coefficient (Wildman–Crippen LogP) is 3.96. The number of amidine groups is 1. The monoisotopic (exact) mass is 266 g/mol. The quantitative estimate of drug-likeness (QED) is 0.726. The van der Waals surface area contributed by atoms with Crippen molar-refractivity contribution in [3.63, 3.8) is 0 Å². The summed E-state index contributed by atoms with van der Waals surface area (Å²) in [6.45, 7) is 1.09. The van der Waals surface area contributed by atoms with Crippen LogP contribution in [-0.4, -0.2) is 23.5 Å². The molecule has 0 atom stereocenters. The SMILES string of the molecule is C1CCCC(NC2=NCC3(CCCC3)CS2)CC1. The Bertz CT molecular complexity index is 300. The van der Waals surface area contributed by atoms with Crippen molar-refractivity contribution in [2.75, 3.05) is 12.3 Å². The van der Waals surface area contributed by atoms with Crippen LogP contribution in [0.25, 0.3) is 0 Å². The van der Waals surface area contributed by atoms with Crippen LogP contribution < -0.4 is 5.32 Å². The summed E-state index contributed by atoms with van der Waals surface area (Å²) in [5.41, 5.74) is 0.583. The minimum Gasteiger partial charge on any atom is -0.362 e. The third-order valence-corrected chi connectivity index (χ3v) is 6.20. The second-order valence-electron chi connectivity index (χ2n) is 6.45. The van der Waals surface area contributed by atoms with Crippen LogP contribution in [0, 0.1) is 5.41 Å². The molecule has 0 aromatic rings. The Morgan fingerprint density at radius 2 is 1.72 bits per heavy atom. The van der Waals surface area contributed by atoms with E-state index < -0.39 is 0 Å². The van der Waals surface area contributed by atoms with Crippen molar-refractivity contribution in [2.45, 2.75) is 70.3 Å².